The van der Waals surface area contributed by atoms with Gasteiger partial charge >= 0.3 is 0 Å². The Labute approximate surface area is 97.3 Å². The Balaban J connectivity index is 2.66. The highest BCUT2D eigenvalue weighted by Crippen LogP contribution is 2.26. The van der Waals surface area contributed by atoms with Crippen molar-refractivity contribution in [3.63, 3.8) is 0 Å². The highest BCUT2D eigenvalue weighted by molar-refractivity contribution is 5.35. The van der Waals surface area contributed by atoms with Crippen LogP contribution in [-0.4, -0.2) is 11.7 Å². The van der Waals surface area contributed by atoms with Crippen LogP contribution in [0, 0.1) is 11.8 Å². The summed E-state index contributed by atoms with van der Waals surface area (Å²) in [7, 11) is 0. The summed E-state index contributed by atoms with van der Waals surface area (Å²) in [5, 5.41) is 9.80. The summed E-state index contributed by atoms with van der Waals surface area (Å²) in [4.78, 5) is 0. The smallest absolute Gasteiger partial charge is 0.125 e. The normalized spacial score (nSPS) is 11.4. The van der Waals surface area contributed by atoms with Crippen molar-refractivity contribution in [2.75, 3.05) is 6.61 Å². The predicted molar refractivity (Wildman–Crippen MR) is 65.3 cm³/mol. The minimum atomic E-state index is -0.451. The summed E-state index contributed by atoms with van der Waals surface area (Å²) >= 11 is 0. The molecule has 0 heterocycles. The van der Waals surface area contributed by atoms with Crippen molar-refractivity contribution in [3.8, 4) is 17.6 Å². The fourth-order valence-corrected chi connectivity index (χ4v) is 1.44. The van der Waals surface area contributed by atoms with Crippen molar-refractivity contribution in [1.82, 2.24) is 0 Å². The second-order valence-electron chi connectivity index (χ2n) is 3.49. The summed E-state index contributed by atoms with van der Waals surface area (Å²) in [6, 6.07) is 7.60. The maximum atomic E-state index is 9.80. The minimum Gasteiger partial charge on any atom is -0.492 e. The number of benzene rings is 1. The van der Waals surface area contributed by atoms with Gasteiger partial charge in [-0.05, 0) is 19.4 Å². The van der Waals surface area contributed by atoms with Gasteiger partial charge in [0, 0.05) is 12.0 Å². The van der Waals surface area contributed by atoms with Gasteiger partial charge in [0.15, 0.2) is 0 Å². The van der Waals surface area contributed by atoms with Crippen LogP contribution in [0.1, 0.15) is 38.4 Å². The standard InChI is InChI=1S/C14H18O2/c1-3-5-8-11-16-14-10-7-6-9-12(14)13(15)4-2/h6-7,9-10,13,15H,4,8,11H2,1-2H3/t13-/m1/s1. The highest BCUT2D eigenvalue weighted by Gasteiger charge is 2.10. The number of rotatable bonds is 5. The van der Waals surface area contributed by atoms with E-state index in [9.17, 15) is 5.11 Å². The number of hydrogen-bond acceptors (Lipinski definition) is 2. The molecule has 2 heteroatoms. The van der Waals surface area contributed by atoms with Crippen LogP contribution in [0.4, 0.5) is 0 Å². The first-order valence-electron chi connectivity index (χ1n) is 5.59. The van der Waals surface area contributed by atoms with Crippen molar-refractivity contribution >= 4 is 0 Å². The van der Waals surface area contributed by atoms with Gasteiger partial charge in [-0.1, -0.05) is 25.1 Å². The van der Waals surface area contributed by atoms with Crippen LogP contribution in [0.25, 0.3) is 0 Å². The van der Waals surface area contributed by atoms with Gasteiger partial charge in [-0.2, -0.15) is 0 Å². The van der Waals surface area contributed by atoms with Crippen LogP contribution in [-0.2, 0) is 0 Å². The molecule has 0 aliphatic rings. The van der Waals surface area contributed by atoms with Crippen LogP contribution in [0.3, 0.4) is 0 Å². The van der Waals surface area contributed by atoms with Gasteiger partial charge in [0.2, 0.25) is 0 Å². The van der Waals surface area contributed by atoms with Gasteiger partial charge in [-0.25, -0.2) is 0 Å². The third-order valence-corrected chi connectivity index (χ3v) is 2.33. The average Bonchev–Trinajstić information content (AvgIpc) is 2.34. The summed E-state index contributed by atoms with van der Waals surface area (Å²) in [6.07, 6.45) is 0.954. The number of aliphatic hydroxyl groups is 1. The van der Waals surface area contributed by atoms with Gasteiger partial charge in [-0.15, -0.1) is 11.8 Å². The molecule has 0 saturated heterocycles. The molecule has 2 nitrogen and oxygen atoms in total. The molecule has 0 spiro atoms. The molecule has 0 aliphatic carbocycles. The van der Waals surface area contributed by atoms with Crippen molar-refractivity contribution in [2.24, 2.45) is 0 Å². The molecule has 1 N–H and O–H groups in total. The van der Waals surface area contributed by atoms with Crippen molar-refractivity contribution in [1.29, 1.82) is 0 Å². The van der Waals surface area contributed by atoms with Crippen molar-refractivity contribution in [2.45, 2.75) is 32.8 Å². The monoisotopic (exact) mass is 218 g/mol. The van der Waals surface area contributed by atoms with E-state index in [1.165, 1.54) is 0 Å². The first kappa shape index (κ1) is 12.6. The van der Waals surface area contributed by atoms with E-state index in [4.69, 9.17) is 4.74 Å². The molecule has 0 saturated carbocycles. The third kappa shape index (κ3) is 3.60. The number of aliphatic hydroxyl groups excluding tert-OH is 1. The highest BCUT2D eigenvalue weighted by atomic mass is 16.5. The zero-order valence-corrected chi connectivity index (χ0v) is 9.86. The van der Waals surface area contributed by atoms with E-state index in [0.29, 0.717) is 19.4 Å². The molecule has 16 heavy (non-hydrogen) atoms. The molecule has 0 radical (unpaired) electrons. The Kier molecular flexibility index (Phi) is 5.45. The maximum absolute atomic E-state index is 9.80. The van der Waals surface area contributed by atoms with Gasteiger partial charge in [0.25, 0.3) is 0 Å². The summed E-state index contributed by atoms with van der Waals surface area (Å²) < 4.78 is 5.60. The Bertz CT molecular complexity index is 374. The summed E-state index contributed by atoms with van der Waals surface area (Å²) in [6.45, 7) is 4.33. The topological polar surface area (TPSA) is 29.5 Å². The molecular formula is C14H18O2. The predicted octanol–water partition coefficient (Wildman–Crippen LogP) is 2.92. The lowest BCUT2D eigenvalue weighted by molar-refractivity contribution is 0.167. The van der Waals surface area contributed by atoms with E-state index in [1.54, 1.807) is 0 Å². The van der Waals surface area contributed by atoms with Crippen molar-refractivity contribution < 1.29 is 9.84 Å². The van der Waals surface area contributed by atoms with Gasteiger partial charge in [0.1, 0.15) is 5.75 Å². The molecule has 1 rings (SSSR count). The van der Waals surface area contributed by atoms with Crippen LogP contribution in [0.2, 0.25) is 0 Å². The molecule has 0 amide bonds. The summed E-state index contributed by atoms with van der Waals surface area (Å²) in [5.41, 5.74) is 0.856. The molecular weight excluding hydrogens is 200 g/mol. The van der Waals surface area contributed by atoms with Gasteiger partial charge < -0.3 is 9.84 Å². The first-order chi connectivity index (χ1) is 7.79. The fraction of sp³-hybridized carbons (Fsp3) is 0.429. The molecule has 1 aromatic carbocycles. The number of hydrogen-bond donors (Lipinski definition) is 1. The molecule has 0 unspecified atom stereocenters. The zero-order chi connectivity index (χ0) is 11.8. The van der Waals surface area contributed by atoms with E-state index in [1.807, 2.05) is 38.1 Å². The fourth-order valence-electron chi connectivity index (χ4n) is 1.44. The Morgan fingerprint density at radius 1 is 1.38 bits per heavy atom. The van der Waals surface area contributed by atoms with E-state index in [-0.39, 0.29) is 0 Å². The Morgan fingerprint density at radius 3 is 2.81 bits per heavy atom. The SMILES string of the molecule is CC#CCCOc1ccccc1[C@H](O)CC. The quantitative estimate of drug-likeness (QED) is 0.608. The summed E-state index contributed by atoms with van der Waals surface area (Å²) in [5.74, 6) is 6.53. The van der Waals surface area contributed by atoms with E-state index >= 15 is 0 Å². The van der Waals surface area contributed by atoms with Crippen molar-refractivity contribution in [3.05, 3.63) is 29.8 Å². The molecule has 0 bridgehead atoms. The van der Waals surface area contributed by atoms with E-state index < -0.39 is 6.10 Å². The zero-order valence-electron chi connectivity index (χ0n) is 9.86. The molecule has 0 aliphatic heterocycles. The largest absolute Gasteiger partial charge is 0.492 e. The van der Waals surface area contributed by atoms with Crippen LogP contribution >= 0.6 is 0 Å². The first-order valence-corrected chi connectivity index (χ1v) is 5.59. The lowest BCUT2D eigenvalue weighted by atomic mass is 10.1. The van der Waals surface area contributed by atoms with Crippen LogP contribution < -0.4 is 4.74 Å². The lowest BCUT2D eigenvalue weighted by Crippen LogP contribution is -2.02. The third-order valence-electron chi connectivity index (χ3n) is 2.33. The molecule has 1 aromatic rings. The van der Waals surface area contributed by atoms with Crippen LogP contribution in [0.5, 0.6) is 5.75 Å². The van der Waals surface area contributed by atoms with E-state index in [0.717, 1.165) is 11.3 Å². The van der Waals surface area contributed by atoms with E-state index in [2.05, 4.69) is 11.8 Å². The minimum absolute atomic E-state index is 0.451. The maximum Gasteiger partial charge on any atom is 0.125 e. The lowest BCUT2D eigenvalue weighted by Gasteiger charge is -2.14. The second kappa shape index (κ2) is 6.92. The molecule has 0 fully saturated rings. The molecule has 86 valence electrons. The number of ether oxygens (including phenoxy) is 1. The second-order valence-corrected chi connectivity index (χ2v) is 3.49. The van der Waals surface area contributed by atoms with Crippen LogP contribution in [0.15, 0.2) is 24.3 Å². The Morgan fingerprint density at radius 2 is 2.12 bits per heavy atom. The Hall–Kier alpha value is -1.46. The molecule has 1 atom stereocenters. The number of para-hydroxylation sites is 1. The van der Waals surface area contributed by atoms with Gasteiger partial charge in [-0.3, -0.25) is 0 Å². The average molecular weight is 218 g/mol. The molecule has 0 aromatic heterocycles. The van der Waals surface area contributed by atoms with Gasteiger partial charge in [0.05, 0.1) is 12.7 Å².